The van der Waals surface area contributed by atoms with Gasteiger partial charge in [0.2, 0.25) is 0 Å². The van der Waals surface area contributed by atoms with E-state index in [4.69, 9.17) is 5.11 Å². The Morgan fingerprint density at radius 3 is 3.14 bits per heavy atom. The molecule has 1 aliphatic rings. The number of hydrogen-bond donors (Lipinski definition) is 2. The van der Waals surface area contributed by atoms with Crippen LogP contribution in [-0.2, 0) is 4.74 Å². The van der Waals surface area contributed by atoms with Gasteiger partial charge < -0.3 is 20.1 Å². The molecule has 0 bridgehead atoms. The van der Waals surface area contributed by atoms with Gasteiger partial charge in [0.05, 0.1) is 13.7 Å². The molecular weight excluding hydrogens is 184 g/mol. The van der Waals surface area contributed by atoms with E-state index in [1.165, 1.54) is 7.11 Å². The Morgan fingerprint density at radius 1 is 1.71 bits per heavy atom. The van der Waals surface area contributed by atoms with Gasteiger partial charge in [-0.25, -0.2) is 4.79 Å². The molecule has 0 saturated carbocycles. The van der Waals surface area contributed by atoms with Crippen molar-refractivity contribution in [3.63, 3.8) is 0 Å². The van der Waals surface area contributed by atoms with Gasteiger partial charge in [-0.15, -0.1) is 0 Å². The first-order chi connectivity index (χ1) is 6.77. The number of aliphatic hydroxyl groups excluding tert-OH is 1. The van der Waals surface area contributed by atoms with Crippen molar-refractivity contribution < 1.29 is 14.6 Å². The summed E-state index contributed by atoms with van der Waals surface area (Å²) in [4.78, 5) is 12.8. The molecule has 1 atom stereocenters. The molecule has 0 radical (unpaired) electrons. The minimum absolute atomic E-state index is 0.160. The first-order valence-electron chi connectivity index (χ1n) is 4.92. The average molecular weight is 202 g/mol. The number of ether oxygens (including phenoxy) is 1. The largest absolute Gasteiger partial charge is 0.453 e. The Morgan fingerprint density at radius 2 is 2.50 bits per heavy atom. The lowest BCUT2D eigenvalue weighted by atomic mass is 10.1. The molecule has 1 rings (SSSR count). The Labute approximate surface area is 84.0 Å². The van der Waals surface area contributed by atoms with Crippen LogP contribution in [0.1, 0.15) is 6.42 Å². The second-order valence-electron chi connectivity index (χ2n) is 3.50. The highest BCUT2D eigenvalue weighted by atomic mass is 16.5. The Bertz CT molecular complexity index is 187. The van der Waals surface area contributed by atoms with Gasteiger partial charge >= 0.3 is 6.09 Å². The average Bonchev–Trinajstić information content (AvgIpc) is 2.66. The molecule has 2 N–H and O–H groups in total. The summed E-state index contributed by atoms with van der Waals surface area (Å²) in [7, 11) is 1.40. The first-order valence-corrected chi connectivity index (χ1v) is 4.92. The van der Waals surface area contributed by atoms with Crippen LogP contribution in [0.2, 0.25) is 0 Å². The van der Waals surface area contributed by atoms with Crippen molar-refractivity contribution >= 4 is 6.09 Å². The van der Waals surface area contributed by atoms with E-state index in [2.05, 4.69) is 10.1 Å². The number of rotatable bonds is 4. The minimum atomic E-state index is -0.241. The molecule has 0 aliphatic carbocycles. The lowest BCUT2D eigenvalue weighted by Crippen LogP contribution is -2.31. The highest BCUT2D eigenvalue weighted by molar-refractivity contribution is 5.67. The van der Waals surface area contributed by atoms with Crippen LogP contribution < -0.4 is 5.32 Å². The van der Waals surface area contributed by atoms with E-state index in [1.54, 1.807) is 4.90 Å². The zero-order chi connectivity index (χ0) is 10.4. The van der Waals surface area contributed by atoms with E-state index in [0.717, 1.165) is 26.1 Å². The number of likely N-dealkylation sites (tertiary alicyclic amines) is 1. The fraction of sp³-hybridized carbons (Fsp3) is 0.889. The van der Waals surface area contributed by atoms with E-state index in [1.807, 2.05) is 0 Å². The number of carbonyl (C=O) groups is 1. The van der Waals surface area contributed by atoms with Crippen molar-refractivity contribution in [1.82, 2.24) is 10.2 Å². The fourth-order valence-corrected chi connectivity index (χ4v) is 1.68. The van der Waals surface area contributed by atoms with Crippen LogP contribution in [0.3, 0.4) is 0 Å². The quantitative estimate of drug-likeness (QED) is 0.612. The SMILES string of the molecule is COC(=O)N1CCC(CNCCO)C1. The lowest BCUT2D eigenvalue weighted by Gasteiger charge is -2.14. The number of hydrogen-bond acceptors (Lipinski definition) is 4. The summed E-state index contributed by atoms with van der Waals surface area (Å²) in [6.07, 6.45) is 0.766. The molecule has 5 heteroatoms. The van der Waals surface area contributed by atoms with Crippen molar-refractivity contribution in [2.75, 3.05) is 39.9 Å². The van der Waals surface area contributed by atoms with Crippen LogP contribution in [0.15, 0.2) is 0 Å². The van der Waals surface area contributed by atoms with Crippen LogP contribution in [0.5, 0.6) is 0 Å². The summed E-state index contributed by atoms with van der Waals surface area (Å²) >= 11 is 0. The molecule has 0 spiro atoms. The van der Waals surface area contributed by atoms with Gasteiger partial charge in [0.1, 0.15) is 0 Å². The molecule has 0 aromatic carbocycles. The zero-order valence-corrected chi connectivity index (χ0v) is 8.53. The number of methoxy groups -OCH3 is 1. The second kappa shape index (κ2) is 5.82. The second-order valence-corrected chi connectivity index (χ2v) is 3.50. The predicted octanol–water partition coefficient (Wildman–Crippen LogP) is -0.343. The highest BCUT2D eigenvalue weighted by Crippen LogP contribution is 2.15. The van der Waals surface area contributed by atoms with Crippen molar-refractivity contribution in [3.05, 3.63) is 0 Å². The molecule has 1 unspecified atom stereocenters. The van der Waals surface area contributed by atoms with Crippen molar-refractivity contribution in [1.29, 1.82) is 0 Å². The van der Waals surface area contributed by atoms with E-state index in [9.17, 15) is 4.79 Å². The Kier molecular flexibility index (Phi) is 4.69. The van der Waals surface area contributed by atoms with Crippen LogP contribution in [0.4, 0.5) is 4.79 Å². The maximum Gasteiger partial charge on any atom is 0.409 e. The van der Waals surface area contributed by atoms with Gasteiger partial charge in [-0.2, -0.15) is 0 Å². The lowest BCUT2D eigenvalue weighted by molar-refractivity contribution is 0.131. The topological polar surface area (TPSA) is 61.8 Å². The van der Waals surface area contributed by atoms with Gasteiger partial charge in [-0.05, 0) is 18.9 Å². The summed E-state index contributed by atoms with van der Waals surface area (Å²) < 4.78 is 4.63. The number of carbonyl (C=O) groups excluding carboxylic acids is 1. The monoisotopic (exact) mass is 202 g/mol. The van der Waals surface area contributed by atoms with Crippen molar-refractivity contribution in [2.45, 2.75) is 6.42 Å². The molecule has 0 aromatic rings. The molecular formula is C9H18N2O3. The number of nitrogens with zero attached hydrogens (tertiary/aromatic N) is 1. The summed E-state index contributed by atoms with van der Waals surface area (Å²) in [6.45, 7) is 3.17. The van der Waals surface area contributed by atoms with Crippen LogP contribution in [0.25, 0.3) is 0 Å². The van der Waals surface area contributed by atoms with E-state index in [-0.39, 0.29) is 12.7 Å². The van der Waals surface area contributed by atoms with Crippen molar-refractivity contribution in [3.8, 4) is 0 Å². The molecule has 5 nitrogen and oxygen atoms in total. The Hall–Kier alpha value is -0.810. The molecule has 1 amide bonds. The summed E-state index contributed by atoms with van der Waals surface area (Å²) in [5, 5.41) is 11.7. The zero-order valence-electron chi connectivity index (χ0n) is 8.53. The smallest absolute Gasteiger partial charge is 0.409 e. The summed E-state index contributed by atoms with van der Waals surface area (Å²) in [5.74, 6) is 0.487. The van der Waals surface area contributed by atoms with Gasteiger partial charge in [0, 0.05) is 19.6 Å². The molecule has 0 aromatic heterocycles. The number of amides is 1. The molecule has 14 heavy (non-hydrogen) atoms. The van der Waals surface area contributed by atoms with E-state index >= 15 is 0 Å². The fourth-order valence-electron chi connectivity index (χ4n) is 1.68. The molecule has 82 valence electrons. The summed E-state index contributed by atoms with van der Waals surface area (Å²) in [5.41, 5.74) is 0. The first kappa shape index (κ1) is 11.3. The standard InChI is InChI=1S/C9H18N2O3/c1-14-9(13)11-4-2-8(7-11)6-10-3-5-12/h8,10,12H,2-7H2,1H3. The van der Waals surface area contributed by atoms with Gasteiger partial charge in [0.15, 0.2) is 0 Å². The molecule has 1 saturated heterocycles. The third kappa shape index (κ3) is 3.16. The predicted molar refractivity (Wildman–Crippen MR) is 52.0 cm³/mol. The summed E-state index contributed by atoms with van der Waals surface area (Å²) in [6, 6.07) is 0. The third-order valence-electron chi connectivity index (χ3n) is 2.44. The van der Waals surface area contributed by atoms with Crippen LogP contribution in [-0.4, -0.2) is 56.0 Å². The number of aliphatic hydroxyl groups is 1. The van der Waals surface area contributed by atoms with Crippen molar-refractivity contribution in [2.24, 2.45) is 5.92 Å². The van der Waals surface area contributed by atoms with Gasteiger partial charge in [-0.3, -0.25) is 0 Å². The molecule has 1 heterocycles. The van der Waals surface area contributed by atoms with Gasteiger partial charge in [0.25, 0.3) is 0 Å². The van der Waals surface area contributed by atoms with E-state index in [0.29, 0.717) is 12.5 Å². The minimum Gasteiger partial charge on any atom is -0.453 e. The van der Waals surface area contributed by atoms with E-state index < -0.39 is 0 Å². The maximum atomic E-state index is 11.1. The van der Waals surface area contributed by atoms with Crippen LogP contribution in [0, 0.1) is 5.92 Å². The number of nitrogens with one attached hydrogen (secondary N) is 1. The highest BCUT2D eigenvalue weighted by Gasteiger charge is 2.26. The maximum absolute atomic E-state index is 11.1. The Balaban J connectivity index is 2.17. The van der Waals surface area contributed by atoms with Crippen LogP contribution >= 0.6 is 0 Å². The molecule has 1 aliphatic heterocycles. The normalized spacial score (nSPS) is 21.3. The third-order valence-corrected chi connectivity index (χ3v) is 2.44. The molecule has 1 fully saturated rings. The van der Waals surface area contributed by atoms with Gasteiger partial charge in [-0.1, -0.05) is 0 Å².